The summed E-state index contributed by atoms with van der Waals surface area (Å²) in [5, 5.41) is 3.57. The lowest BCUT2D eigenvalue weighted by Crippen LogP contribution is -2.06. The van der Waals surface area contributed by atoms with E-state index in [1.54, 1.807) is 6.92 Å². The number of nitrogens with zero attached hydrogens (tertiary/aromatic N) is 1. The lowest BCUT2D eigenvalue weighted by atomic mass is 10.1. The summed E-state index contributed by atoms with van der Waals surface area (Å²) in [6.07, 6.45) is 0. The van der Waals surface area contributed by atoms with E-state index in [4.69, 9.17) is 11.0 Å². The average molecular weight is 213 g/mol. The minimum absolute atomic E-state index is 0.571. The van der Waals surface area contributed by atoms with Crippen molar-refractivity contribution in [3.63, 3.8) is 0 Å². The second-order valence-electron chi connectivity index (χ2n) is 2.77. The van der Waals surface area contributed by atoms with Crippen LogP contribution in [0, 0.1) is 0 Å². The molecule has 0 aliphatic heterocycles. The second-order valence-corrected chi connectivity index (χ2v) is 4.22. The van der Waals surface area contributed by atoms with Gasteiger partial charge in [0.1, 0.15) is 0 Å². The van der Waals surface area contributed by atoms with E-state index in [-0.39, 0.29) is 0 Å². The molecule has 5 nitrogen and oxygen atoms in total. The van der Waals surface area contributed by atoms with Gasteiger partial charge in [-0.15, -0.1) is 0 Å². The normalized spacial score (nSPS) is 12.6. The molecule has 0 bridgehead atoms. The van der Waals surface area contributed by atoms with Crippen LogP contribution >= 0.6 is 7.67 Å². The predicted octanol–water partition coefficient (Wildman–Crippen LogP) is 1.45. The van der Waals surface area contributed by atoms with Crippen molar-refractivity contribution in [2.75, 3.05) is 0 Å². The monoisotopic (exact) mass is 213 g/mol. The van der Waals surface area contributed by atoms with E-state index in [9.17, 15) is 4.57 Å². The fraction of sp³-hybridized carbons (Fsp3) is 0.125. The Morgan fingerprint density at radius 2 is 1.93 bits per heavy atom. The fourth-order valence-corrected chi connectivity index (χ4v) is 1.11. The SMILES string of the molecule is C/C(=N\OP(N)(N)=O)c1ccccc1. The molecule has 76 valence electrons. The molecule has 6 heteroatoms. The molecule has 0 spiro atoms. The Morgan fingerprint density at radius 3 is 2.43 bits per heavy atom. The highest BCUT2D eigenvalue weighted by atomic mass is 31.2. The summed E-state index contributed by atoms with van der Waals surface area (Å²) < 4.78 is 15.2. The molecule has 1 aromatic rings. The van der Waals surface area contributed by atoms with Crippen LogP contribution in [0.5, 0.6) is 0 Å². The quantitative estimate of drug-likeness (QED) is 0.451. The number of hydrogen-bond donors (Lipinski definition) is 2. The Bertz CT molecular complexity index is 371. The molecular formula is C8H12N3O2P. The second kappa shape index (κ2) is 4.37. The summed E-state index contributed by atoms with van der Waals surface area (Å²) in [7, 11) is -3.53. The van der Waals surface area contributed by atoms with E-state index in [1.807, 2.05) is 30.3 Å². The van der Waals surface area contributed by atoms with Gasteiger partial charge in [0.05, 0.1) is 5.71 Å². The minimum Gasteiger partial charge on any atom is -0.312 e. The van der Waals surface area contributed by atoms with Crippen LogP contribution in [-0.4, -0.2) is 5.71 Å². The van der Waals surface area contributed by atoms with Crippen LogP contribution in [-0.2, 0) is 9.19 Å². The van der Waals surface area contributed by atoms with Crippen molar-refractivity contribution in [2.24, 2.45) is 16.2 Å². The Labute approximate surface area is 82.3 Å². The van der Waals surface area contributed by atoms with Crippen LogP contribution in [0.25, 0.3) is 0 Å². The number of benzene rings is 1. The molecule has 0 saturated carbocycles. The van der Waals surface area contributed by atoms with Crippen molar-refractivity contribution in [2.45, 2.75) is 6.92 Å². The van der Waals surface area contributed by atoms with Crippen LogP contribution in [0.4, 0.5) is 0 Å². The maximum Gasteiger partial charge on any atom is 0.405 e. The molecule has 1 aromatic carbocycles. The smallest absolute Gasteiger partial charge is 0.312 e. The maximum absolute atomic E-state index is 10.8. The van der Waals surface area contributed by atoms with Crippen molar-refractivity contribution >= 4 is 13.4 Å². The molecule has 0 heterocycles. The van der Waals surface area contributed by atoms with Gasteiger partial charge < -0.3 is 4.62 Å². The molecule has 0 amide bonds. The van der Waals surface area contributed by atoms with E-state index < -0.39 is 7.67 Å². The van der Waals surface area contributed by atoms with Gasteiger partial charge in [0, 0.05) is 0 Å². The molecule has 0 radical (unpaired) electrons. The summed E-state index contributed by atoms with van der Waals surface area (Å²) >= 11 is 0. The van der Waals surface area contributed by atoms with E-state index in [2.05, 4.69) is 9.78 Å². The van der Waals surface area contributed by atoms with Crippen molar-refractivity contribution in [1.29, 1.82) is 0 Å². The topological polar surface area (TPSA) is 90.7 Å². The molecule has 0 saturated heterocycles. The van der Waals surface area contributed by atoms with Gasteiger partial charge in [-0.1, -0.05) is 35.5 Å². The fourth-order valence-electron chi connectivity index (χ4n) is 0.857. The Hall–Kier alpha value is -1.16. The molecule has 0 unspecified atom stereocenters. The highest BCUT2D eigenvalue weighted by Crippen LogP contribution is 2.26. The third-order valence-electron chi connectivity index (χ3n) is 1.50. The summed E-state index contributed by atoms with van der Waals surface area (Å²) in [6.45, 7) is 1.71. The number of hydrogen-bond acceptors (Lipinski definition) is 3. The summed E-state index contributed by atoms with van der Waals surface area (Å²) in [5.74, 6) is 0. The Balaban J connectivity index is 2.76. The van der Waals surface area contributed by atoms with Crippen molar-refractivity contribution in [3.05, 3.63) is 35.9 Å². The van der Waals surface area contributed by atoms with Crippen LogP contribution in [0.15, 0.2) is 35.5 Å². The molecule has 0 aliphatic carbocycles. The van der Waals surface area contributed by atoms with E-state index in [0.717, 1.165) is 5.56 Å². The molecule has 14 heavy (non-hydrogen) atoms. The van der Waals surface area contributed by atoms with Gasteiger partial charge in [0.2, 0.25) is 0 Å². The van der Waals surface area contributed by atoms with Gasteiger partial charge in [0.15, 0.2) is 0 Å². The first-order chi connectivity index (χ1) is 6.49. The van der Waals surface area contributed by atoms with Crippen molar-refractivity contribution in [1.82, 2.24) is 0 Å². The van der Waals surface area contributed by atoms with Crippen LogP contribution < -0.4 is 11.0 Å². The minimum atomic E-state index is -3.53. The zero-order valence-electron chi connectivity index (χ0n) is 7.75. The number of nitrogens with two attached hydrogens (primary N) is 2. The molecule has 1 rings (SSSR count). The van der Waals surface area contributed by atoms with E-state index in [1.165, 1.54) is 0 Å². The van der Waals surface area contributed by atoms with Crippen molar-refractivity contribution < 1.29 is 9.19 Å². The van der Waals surface area contributed by atoms with Gasteiger partial charge in [-0.2, -0.15) is 0 Å². The first kappa shape index (κ1) is 10.9. The van der Waals surface area contributed by atoms with Gasteiger partial charge in [-0.05, 0) is 12.5 Å². The lowest BCUT2D eigenvalue weighted by molar-refractivity contribution is 0.335. The zero-order valence-corrected chi connectivity index (χ0v) is 8.65. The average Bonchev–Trinajstić information content (AvgIpc) is 2.14. The van der Waals surface area contributed by atoms with Gasteiger partial charge in [0.25, 0.3) is 0 Å². The molecule has 0 fully saturated rings. The van der Waals surface area contributed by atoms with Gasteiger partial charge in [-0.3, -0.25) is 0 Å². The van der Waals surface area contributed by atoms with E-state index >= 15 is 0 Å². The maximum atomic E-state index is 10.8. The van der Waals surface area contributed by atoms with Crippen molar-refractivity contribution in [3.8, 4) is 0 Å². The largest absolute Gasteiger partial charge is 0.405 e. The summed E-state index contributed by atoms with van der Waals surface area (Å²) in [4.78, 5) is 0. The Kier molecular flexibility index (Phi) is 3.41. The molecule has 0 aromatic heterocycles. The first-order valence-corrected chi connectivity index (χ1v) is 5.71. The van der Waals surface area contributed by atoms with Crippen LogP contribution in [0.1, 0.15) is 12.5 Å². The highest BCUT2D eigenvalue weighted by Gasteiger charge is 2.08. The van der Waals surface area contributed by atoms with E-state index in [0.29, 0.717) is 5.71 Å². The lowest BCUT2D eigenvalue weighted by Gasteiger charge is -2.04. The standard InChI is InChI=1S/C8H12N3O2P/c1-7(11-13-14(9,10)12)8-5-3-2-4-6-8/h2-6H,1H3,(H4,9,10,12)/b11-7+. The number of rotatable bonds is 3. The third-order valence-corrected chi connectivity index (χ3v) is 1.83. The molecule has 4 N–H and O–H groups in total. The Morgan fingerprint density at radius 1 is 1.36 bits per heavy atom. The van der Waals surface area contributed by atoms with Gasteiger partial charge >= 0.3 is 7.67 Å². The number of oxime groups is 1. The van der Waals surface area contributed by atoms with Gasteiger partial charge in [-0.25, -0.2) is 15.6 Å². The first-order valence-electron chi connectivity index (χ1n) is 3.95. The predicted molar refractivity (Wildman–Crippen MR) is 55.7 cm³/mol. The molecule has 0 aliphatic rings. The molecule has 0 atom stereocenters. The molecular weight excluding hydrogens is 201 g/mol. The van der Waals surface area contributed by atoms with Crippen LogP contribution in [0.2, 0.25) is 0 Å². The van der Waals surface area contributed by atoms with Crippen LogP contribution in [0.3, 0.4) is 0 Å². The highest BCUT2D eigenvalue weighted by molar-refractivity contribution is 7.53. The third kappa shape index (κ3) is 3.70. The summed E-state index contributed by atoms with van der Waals surface area (Å²) in [6, 6.07) is 9.30. The summed E-state index contributed by atoms with van der Waals surface area (Å²) in [5.41, 5.74) is 11.4. The zero-order chi connectivity index (χ0) is 10.6.